The molecule has 0 atom stereocenters. The van der Waals surface area contributed by atoms with Crippen LogP contribution in [-0.4, -0.2) is 16.1 Å². The Balaban J connectivity index is 2.72. The second kappa shape index (κ2) is 5.84. The van der Waals surface area contributed by atoms with Crippen molar-refractivity contribution in [1.82, 2.24) is 9.55 Å². The summed E-state index contributed by atoms with van der Waals surface area (Å²) < 4.78 is 1.54. The van der Waals surface area contributed by atoms with Crippen LogP contribution >= 0.6 is 0 Å². The average molecular weight is 237 g/mol. The van der Waals surface area contributed by atoms with Gasteiger partial charge in [-0.25, -0.2) is 4.98 Å². The quantitative estimate of drug-likeness (QED) is 0.853. The average Bonchev–Trinajstić information content (AvgIpc) is 2.23. The highest BCUT2D eigenvalue weighted by Gasteiger charge is 2.17. The molecule has 0 aliphatic rings. The largest absolute Gasteiger partial charge is 0.365 e. The van der Waals surface area contributed by atoms with E-state index in [0.717, 1.165) is 6.54 Å². The van der Waals surface area contributed by atoms with Gasteiger partial charge in [0.1, 0.15) is 0 Å². The van der Waals surface area contributed by atoms with Gasteiger partial charge in [-0.05, 0) is 17.8 Å². The van der Waals surface area contributed by atoms with Crippen molar-refractivity contribution < 1.29 is 0 Å². The first-order valence-electron chi connectivity index (χ1n) is 6.19. The predicted molar refractivity (Wildman–Crippen MR) is 71.1 cm³/mol. The maximum absolute atomic E-state index is 11.8. The zero-order valence-electron chi connectivity index (χ0n) is 11.4. The molecule has 17 heavy (non-hydrogen) atoms. The summed E-state index contributed by atoms with van der Waals surface area (Å²) in [5.41, 5.74) is -0.0706. The Morgan fingerprint density at radius 1 is 1.29 bits per heavy atom. The maximum atomic E-state index is 11.8. The van der Waals surface area contributed by atoms with E-state index in [1.165, 1.54) is 4.57 Å². The molecule has 96 valence electrons. The van der Waals surface area contributed by atoms with Crippen LogP contribution in [0, 0.1) is 17.8 Å². The van der Waals surface area contributed by atoms with Crippen LogP contribution in [0.4, 0.5) is 5.82 Å². The molecule has 0 aromatic carbocycles. The highest BCUT2D eigenvalue weighted by atomic mass is 16.1. The molecule has 1 heterocycles. The van der Waals surface area contributed by atoms with Gasteiger partial charge in [0.15, 0.2) is 5.82 Å². The van der Waals surface area contributed by atoms with E-state index in [1.807, 2.05) is 0 Å². The summed E-state index contributed by atoms with van der Waals surface area (Å²) in [5.74, 6) is 2.17. The third-order valence-electron chi connectivity index (χ3n) is 3.23. The number of rotatable bonds is 5. The summed E-state index contributed by atoms with van der Waals surface area (Å²) in [6, 6.07) is 0. The van der Waals surface area contributed by atoms with Crippen LogP contribution in [0.2, 0.25) is 0 Å². The Bertz CT molecular complexity index is 401. The highest BCUT2D eigenvalue weighted by molar-refractivity contribution is 5.30. The number of aromatic nitrogens is 2. The minimum absolute atomic E-state index is 0.0706. The number of nitrogens with zero attached hydrogens (tertiary/aromatic N) is 2. The first kappa shape index (κ1) is 13.7. The SMILES string of the molecule is CC(C)C(CNc1nccn(C)c1=O)C(C)C. The van der Waals surface area contributed by atoms with Crippen molar-refractivity contribution in [2.45, 2.75) is 27.7 Å². The Morgan fingerprint density at radius 2 is 1.88 bits per heavy atom. The molecule has 0 aliphatic heterocycles. The molecule has 0 radical (unpaired) electrons. The Morgan fingerprint density at radius 3 is 2.41 bits per heavy atom. The number of anilines is 1. The van der Waals surface area contributed by atoms with Crippen molar-refractivity contribution >= 4 is 5.82 Å². The van der Waals surface area contributed by atoms with Gasteiger partial charge in [0.25, 0.3) is 5.56 Å². The summed E-state index contributed by atoms with van der Waals surface area (Å²) in [4.78, 5) is 15.8. The van der Waals surface area contributed by atoms with Crippen molar-refractivity contribution in [3.8, 4) is 0 Å². The fourth-order valence-electron chi connectivity index (χ4n) is 2.07. The lowest BCUT2D eigenvalue weighted by Gasteiger charge is -2.25. The Labute approximate surface area is 103 Å². The van der Waals surface area contributed by atoms with E-state index in [9.17, 15) is 4.79 Å². The van der Waals surface area contributed by atoms with Gasteiger partial charge in [0, 0.05) is 26.0 Å². The standard InChI is InChI=1S/C13H23N3O/c1-9(2)11(10(3)4)8-15-12-13(17)16(5)7-6-14-12/h6-7,9-11H,8H2,1-5H3,(H,14,15). The van der Waals surface area contributed by atoms with Crippen molar-refractivity contribution in [3.63, 3.8) is 0 Å². The molecule has 4 nitrogen and oxygen atoms in total. The lowest BCUT2D eigenvalue weighted by atomic mass is 9.85. The van der Waals surface area contributed by atoms with Gasteiger partial charge in [-0.2, -0.15) is 0 Å². The zero-order valence-corrected chi connectivity index (χ0v) is 11.4. The zero-order chi connectivity index (χ0) is 13.0. The van der Waals surface area contributed by atoms with Crippen LogP contribution < -0.4 is 10.9 Å². The lowest BCUT2D eigenvalue weighted by Crippen LogP contribution is -2.29. The van der Waals surface area contributed by atoms with Crippen LogP contribution in [0.15, 0.2) is 17.2 Å². The van der Waals surface area contributed by atoms with Gasteiger partial charge in [-0.3, -0.25) is 4.79 Å². The molecule has 0 fully saturated rings. The van der Waals surface area contributed by atoms with Gasteiger partial charge in [-0.15, -0.1) is 0 Å². The van der Waals surface area contributed by atoms with E-state index >= 15 is 0 Å². The smallest absolute Gasteiger partial charge is 0.293 e. The third-order valence-corrected chi connectivity index (χ3v) is 3.23. The van der Waals surface area contributed by atoms with E-state index in [4.69, 9.17) is 0 Å². The molecule has 0 unspecified atom stereocenters. The van der Waals surface area contributed by atoms with Crippen LogP contribution in [0.5, 0.6) is 0 Å². The van der Waals surface area contributed by atoms with E-state index in [-0.39, 0.29) is 5.56 Å². The first-order valence-corrected chi connectivity index (χ1v) is 6.19. The fourth-order valence-corrected chi connectivity index (χ4v) is 2.07. The second-order valence-electron chi connectivity index (χ2n) is 5.22. The molecule has 0 amide bonds. The van der Waals surface area contributed by atoms with Gasteiger partial charge in [0.05, 0.1) is 0 Å². The second-order valence-corrected chi connectivity index (χ2v) is 5.22. The van der Waals surface area contributed by atoms with Gasteiger partial charge in [0.2, 0.25) is 0 Å². The van der Waals surface area contributed by atoms with Crippen LogP contribution in [-0.2, 0) is 7.05 Å². The summed E-state index contributed by atoms with van der Waals surface area (Å²) in [5, 5.41) is 3.17. The normalized spacial score (nSPS) is 11.5. The molecule has 1 rings (SSSR count). The number of aryl methyl sites for hydroxylation is 1. The van der Waals surface area contributed by atoms with Crippen molar-refractivity contribution in [2.24, 2.45) is 24.8 Å². The molecule has 4 heteroatoms. The van der Waals surface area contributed by atoms with Crippen molar-refractivity contribution in [1.29, 1.82) is 0 Å². The van der Waals surface area contributed by atoms with Crippen molar-refractivity contribution in [3.05, 3.63) is 22.7 Å². The molecular weight excluding hydrogens is 214 g/mol. The molecule has 1 aromatic heterocycles. The molecule has 0 saturated heterocycles. The Hall–Kier alpha value is -1.32. The Kier molecular flexibility index (Phi) is 4.73. The molecule has 0 aliphatic carbocycles. The maximum Gasteiger partial charge on any atom is 0.293 e. The van der Waals surface area contributed by atoms with E-state index in [0.29, 0.717) is 23.6 Å². The summed E-state index contributed by atoms with van der Waals surface area (Å²) in [6.07, 6.45) is 3.30. The minimum Gasteiger partial charge on any atom is -0.365 e. The number of hydrogen-bond acceptors (Lipinski definition) is 3. The summed E-state index contributed by atoms with van der Waals surface area (Å²) in [6.45, 7) is 9.64. The van der Waals surface area contributed by atoms with Crippen LogP contribution in [0.25, 0.3) is 0 Å². The molecule has 1 aromatic rings. The predicted octanol–water partition coefficient (Wildman–Crippen LogP) is 2.12. The van der Waals surface area contributed by atoms with Crippen molar-refractivity contribution in [2.75, 3.05) is 11.9 Å². The van der Waals surface area contributed by atoms with E-state index in [1.54, 1.807) is 19.4 Å². The topological polar surface area (TPSA) is 46.9 Å². The van der Waals surface area contributed by atoms with E-state index < -0.39 is 0 Å². The lowest BCUT2D eigenvalue weighted by molar-refractivity contribution is 0.304. The summed E-state index contributed by atoms with van der Waals surface area (Å²) >= 11 is 0. The van der Waals surface area contributed by atoms with Gasteiger partial charge < -0.3 is 9.88 Å². The van der Waals surface area contributed by atoms with E-state index in [2.05, 4.69) is 38.0 Å². The highest BCUT2D eigenvalue weighted by Crippen LogP contribution is 2.20. The van der Waals surface area contributed by atoms with Crippen LogP contribution in [0.1, 0.15) is 27.7 Å². The van der Waals surface area contributed by atoms with Gasteiger partial charge in [-0.1, -0.05) is 27.7 Å². The fraction of sp³-hybridized carbons (Fsp3) is 0.692. The first-order chi connectivity index (χ1) is 7.93. The number of hydrogen-bond donors (Lipinski definition) is 1. The van der Waals surface area contributed by atoms with Gasteiger partial charge >= 0.3 is 0 Å². The molecular formula is C13H23N3O. The monoisotopic (exact) mass is 237 g/mol. The molecule has 1 N–H and O–H groups in total. The molecule has 0 saturated carbocycles. The molecule has 0 spiro atoms. The van der Waals surface area contributed by atoms with Crippen LogP contribution in [0.3, 0.4) is 0 Å². The third kappa shape index (κ3) is 3.58. The summed E-state index contributed by atoms with van der Waals surface area (Å²) in [7, 11) is 1.73. The number of nitrogens with one attached hydrogen (secondary N) is 1. The molecule has 0 bridgehead atoms. The minimum atomic E-state index is -0.0706.